The van der Waals surface area contributed by atoms with Gasteiger partial charge in [0.15, 0.2) is 4.90 Å². The van der Waals surface area contributed by atoms with Gasteiger partial charge in [-0.05, 0) is 36.3 Å². The van der Waals surface area contributed by atoms with E-state index in [-0.39, 0.29) is 0 Å². The summed E-state index contributed by atoms with van der Waals surface area (Å²) in [6.07, 6.45) is 2.44. The molecule has 0 aliphatic heterocycles. The van der Waals surface area contributed by atoms with Crippen LogP contribution in [0, 0.1) is 0 Å². The smallest absolute Gasteiger partial charge is 0.0653 e. The van der Waals surface area contributed by atoms with Crippen LogP contribution in [0.15, 0.2) is 71.6 Å². The molecule has 0 aliphatic rings. The van der Waals surface area contributed by atoms with E-state index in [4.69, 9.17) is 0 Å². The Morgan fingerprint density at radius 1 is 0.909 bits per heavy atom. The third kappa shape index (κ3) is 5.51. The maximum Gasteiger partial charge on any atom is 0.154 e. The van der Waals surface area contributed by atoms with E-state index < -0.39 is 8.07 Å². The lowest BCUT2D eigenvalue weighted by Crippen LogP contribution is -2.33. The highest BCUT2D eigenvalue weighted by Crippen LogP contribution is 2.21. The summed E-state index contributed by atoms with van der Waals surface area (Å²) < 4.78 is 0. The van der Waals surface area contributed by atoms with E-state index in [1.807, 2.05) is 0 Å². The molecule has 116 valence electrons. The van der Waals surface area contributed by atoms with Gasteiger partial charge in [0.05, 0.1) is 5.38 Å². The molecule has 2 heteroatoms. The van der Waals surface area contributed by atoms with Gasteiger partial charge in [-0.3, -0.25) is 0 Å². The van der Waals surface area contributed by atoms with Crippen LogP contribution in [0.4, 0.5) is 0 Å². The molecule has 0 radical (unpaired) electrons. The average Bonchev–Trinajstić information content (AvgIpc) is 2.52. The molecule has 0 saturated carbocycles. The van der Waals surface area contributed by atoms with E-state index in [2.05, 4.69) is 93.3 Å². The fraction of sp³-hybridized carbons (Fsp3) is 0.300. The molecule has 2 aromatic carbocycles. The Labute approximate surface area is 139 Å². The van der Waals surface area contributed by atoms with Gasteiger partial charge in [-0.2, -0.15) is 0 Å². The molecule has 0 nitrogen and oxygen atoms in total. The van der Waals surface area contributed by atoms with Gasteiger partial charge in [-0.1, -0.05) is 68.2 Å². The molecule has 0 amide bonds. The molecule has 0 saturated heterocycles. The Morgan fingerprint density at radius 2 is 1.45 bits per heavy atom. The largest absolute Gasteiger partial charge is 0.154 e. The first kappa shape index (κ1) is 17.1. The van der Waals surface area contributed by atoms with Gasteiger partial charge < -0.3 is 0 Å². The highest BCUT2D eigenvalue weighted by Gasteiger charge is 2.29. The Balaban J connectivity index is 2.16. The van der Waals surface area contributed by atoms with Crippen molar-refractivity contribution in [2.75, 3.05) is 11.1 Å². The lowest BCUT2D eigenvalue weighted by Gasteiger charge is -2.16. The maximum atomic E-state index is 2.48. The Bertz CT molecular complexity index is 597. The first-order valence-electron chi connectivity index (χ1n) is 7.90. The van der Waals surface area contributed by atoms with E-state index in [9.17, 15) is 0 Å². The standard InChI is InChI=1S/C20H27SSi/c1-18(19-11-7-5-8-12-19)15-16-21(17-22(2,3)4)20-13-9-6-10-14-20/h5-15H,16-17H2,1-4H3/q+1/b18-15+. The van der Waals surface area contributed by atoms with Crippen LogP contribution < -0.4 is 0 Å². The van der Waals surface area contributed by atoms with Gasteiger partial charge in [0.1, 0.15) is 13.8 Å². The van der Waals surface area contributed by atoms with Gasteiger partial charge in [0.25, 0.3) is 0 Å². The Hall–Kier alpha value is -1.25. The Kier molecular flexibility index (Phi) is 6.10. The summed E-state index contributed by atoms with van der Waals surface area (Å²) >= 11 is 0. The third-order valence-corrected chi connectivity index (χ3v) is 9.87. The van der Waals surface area contributed by atoms with Crippen molar-refractivity contribution in [1.29, 1.82) is 0 Å². The summed E-state index contributed by atoms with van der Waals surface area (Å²) in [4.78, 5) is 1.52. The van der Waals surface area contributed by atoms with Crippen molar-refractivity contribution < 1.29 is 0 Å². The maximum absolute atomic E-state index is 2.48. The molecule has 2 rings (SSSR count). The molecule has 0 fully saturated rings. The minimum atomic E-state index is -1.07. The molecule has 22 heavy (non-hydrogen) atoms. The Morgan fingerprint density at radius 3 is 2.00 bits per heavy atom. The first-order valence-corrected chi connectivity index (χ1v) is 13.2. The quantitative estimate of drug-likeness (QED) is 0.475. The van der Waals surface area contributed by atoms with Crippen molar-refractivity contribution >= 4 is 24.5 Å². The first-order chi connectivity index (χ1) is 10.5. The monoisotopic (exact) mass is 327 g/mol. The fourth-order valence-electron chi connectivity index (χ4n) is 2.42. The summed E-state index contributed by atoms with van der Waals surface area (Å²) in [7, 11) is -0.738. The summed E-state index contributed by atoms with van der Waals surface area (Å²) in [5.41, 5.74) is 2.73. The highest BCUT2D eigenvalue weighted by atomic mass is 32.2. The number of hydrogen-bond donors (Lipinski definition) is 0. The average molecular weight is 328 g/mol. The minimum absolute atomic E-state index is 0.334. The van der Waals surface area contributed by atoms with Crippen molar-refractivity contribution in [2.45, 2.75) is 31.5 Å². The number of allylic oxidation sites excluding steroid dienone is 1. The molecule has 1 atom stereocenters. The second-order valence-corrected chi connectivity index (χ2v) is 15.0. The van der Waals surface area contributed by atoms with Gasteiger partial charge in [-0.15, -0.1) is 0 Å². The minimum Gasteiger partial charge on any atom is -0.0653 e. The summed E-state index contributed by atoms with van der Waals surface area (Å²) in [6.45, 7) is 9.66. The van der Waals surface area contributed by atoms with Crippen molar-refractivity contribution in [1.82, 2.24) is 0 Å². The normalized spacial score (nSPS) is 13.9. The predicted octanol–water partition coefficient (Wildman–Crippen LogP) is 5.64. The topological polar surface area (TPSA) is 0 Å². The van der Waals surface area contributed by atoms with Crippen LogP contribution in [0.25, 0.3) is 5.57 Å². The van der Waals surface area contributed by atoms with Crippen LogP contribution in [-0.2, 0) is 10.9 Å². The molecular weight excluding hydrogens is 300 g/mol. The second kappa shape index (κ2) is 7.84. The van der Waals surface area contributed by atoms with E-state index in [1.54, 1.807) is 0 Å². The van der Waals surface area contributed by atoms with Crippen molar-refractivity contribution in [3.05, 3.63) is 72.3 Å². The van der Waals surface area contributed by atoms with Gasteiger partial charge in [0.2, 0.25) is 0 Å². The molecule has 0 spiro atoms. The van der Waals surface area contributed by atoms with E-state index in [0.717, 1.165) is 5.75 Å². The van der Waals surface area contributed by atoms with Crippen LogP contribution in [0.1, 0.15) is 12.5 Å². The fourth-order valence-corrected chi connectivity index (χ4v) is 8.92. The lowest BCUT2D eigenvalue weighted by atomic mass is 10.1. The molecule has 0 bridgehead atoms. The molecule has 2 aromatic rings. The molecule has 0 N–H and O–H groups in total. The van der Waals surface area contributed by atoms with Crippen LogP contribution in [0.5, 0.6) is 0 Å². The van der Waals surface area contributed by atoms with Crippen molar-refractivity contribution in [2.24, 2.45) is 0 Å². The molecular formula is C20H27SSi+. The van der Waals surface area contributed by atoms with Crippen LogP contribution in [0.2, 0.25) is 19.6 Å². The second-order valence-electron chi connectivity index (χ2n) is 6.93. The molecule has 0 aliphatic carbocycles. The molecule has 0 aromatic heterocycles. The predicted molar refractivity (Wildman–Crippen MR) is 105 cm³/mol. The zero-order chi connectivity index (χ0) is 16.0. The number of hydrogen-bond acceptors (Lipinski definition) is 0. The summed E-state index contributed by atoms with van der Waals surface area (Å²) in [6, 6.07) is 21.8. The third-order valence-electron chi connectivity index (χ3n) is 3.50. The molecule has 1 unspecified atom stereocenters. The van der Waals surface area contributed by atoms with Crippen molar-refractivity contribution in [3.8, 4) is 0 Å². The van der Waals surface area contributed by atoms with Gasteiger partial charge in [0, 0.05) is 10.9 Å². The van der Waals surface area contributed by atoms with E-state index in [0.29, 0.717) is 10.9 Å². The SMILES string of the molecule is C/C(=C\C[S+](C[Si](C)(C)C)c1ccccc1)c1ccccc1. The summed E-state index contributed by atoms with van der Waals surface area (Å²) in [5, 5.41) is 1.37. The van der Waals surface area contributed by atoms with Gasteiger partial charge >= 0.3 is 0 Å². The summed E-state index contributed by atoms with van der Waals surface area (Å²) in [5.74, 6) is 1.16. The van der Waals surface area contributed by atoms with Crippen LogP contribution >= 0.6 is 0 Å². The van der Waals surface area contributed by atoms with Gasteiger partial charge in [-0.25, -0.2) is 0 Å². The van der Waals surface area contributed by atoms with E-state index in [1.165, 1.54) is 21.4 Å². The number of benzene rings is 2. The van der Waals surface area contributed by atoms with Crippen LogP contribution in [0.3, 0.4) is 0 Å². The van der Waals surface area contributed by atoms with Crippen LogP contribution in [-0.4, -0.2) is 19.2 Å². The van der Waals surface area contributed by atoms with E-state index >= 15 is 0 Å². The lowest BCUT2D eigenvalue weighted by molar-refractivity contribution is 1.42. The zero-order valence-electron chi connectivity index (χ0n) is 14.2. The zero-order valence-corrected chi connectivity index (χ0v) is 16.0. The van der Waals surface area contributed by atoms with Crippen molar-refractivity contribution in [3.63, 3.8) is 0 Å². The molecule has 0 heterocycles. The number of rotatable bonds is 6. The highest BCUT2D eigenvalue weighted by molar-refractivity contribution is 7.98.